The van der Waals surface area contributed by atoms with Crippen molar-refractivity contribution in [2.75, 3.05) is 11.9 Å². The summed E-state index contributed by atoms with van der Waals surface area (Å²) in [5.41, 5.74) is 6.18. The van der Waals surface area contributed by atoms with Gasteiger partial charge in [0.2, 0.25) is 0 Å². The average molecular weight is 605 g/mol. The van der Waals surface area contributed by atoms with Gasteiger partial charge in [0.1, 0.15) is 17.9 Å². The molecule has 1 saturated carbocycles. The van der Waals surface area contributed by atoms with Crippen LogP contribution < -0.4 is 5.32 Å². The predicted octanol–water partition coefficient (Wildman–Crippen LogP) is 7.17. The smallest absolute Gasteiger partial charge is 0.338 e. The first-order chi connectivity index (χ1) is 22.0. The zero-order chi connectivity index (χ0) is 30.8. The summed E-state index contributed by atoms with van der Waals surface area (Å²) in [5.74, 6) is 0.0856. The number of nitrogens with one attached hydrogen (secondary N) is 1. The fourth-order valence-corrected chi connectivity index (χ4v) is 6.62. The van der Waals surface area contributed by atoms with Crippen molar-refractivity contribution in [3.8, 4) is 0 Å². The van der Waals surface area contributed by atoms with Gasteiger partial charge in [0, 0.05) is 23.6 Å². The van der Waals surface area contributed by atoms with Gasteiger partial charge >= 0.3 is 5.97 Å². The van der Waals surface area contributed by atoms with Crippen molar-refractivity contribution in [2.24, 2.45) is 5.92 Å². The molecule has 0 spiro atoms. The van der Waals surface area contributed by atoms with Gasteiger partial charge in [-0.1, -0.05) is 54.6 Å². The largest absolute Gasteiger partial charge is 0.458 e. The summed E-state index contributed by atoms with van der Waals surface area (Å²) in [5, 5.41) is 14.6. The molecule has 0 bridgehead atoms. The number of carbonyl (C=O) groups excluding carboxylic acids is 1. The number of benzene rings is 3. The lowest BCUT2D eigenvalue weighted by Crippen LogP contribution is -2.25. The molecular formula is C35H32N4O6. The molecule has 0 saturated heterocycles. The molecular weight excluding hydrogens is 572 g/mol. The normalized spacial score (nSPS) is 20.6. The number of carbonyl (C=O) groups is 1. The lowest BCUT2D eigenvalue weighted by atomic mass is 9.98. The van der Waals surface area contributed by atoms with Gasteiger partial charge in [0.25, 0.3) is 5.69 Å². The second-order valence-corrected chi connectivity index (χ2v) is 11.7. The quantitative estimate of drug-likeness (QED) is 0.100. The molecule has 10 heteroatoms. The number of ether oxygens (including phenoxy) is 2. The number of hydrogen-bond donors (Lipinski definition) is 1. The molecule has 5 aromatic rings. The molecule has 0 radical (unpaired) electrons. The van der Waals surface area contributed by atoms with Crippen molar-refractivity contribution < 1.29 is 23.6 Å². The third-order valence-corrected chi connectivity index (χ3v) is 8.91. The monoisotopic (exact) mass is 604 g/mol. The number of nitro groups is 1. The van der Waals surface area contributed by atoms with Gasteiger partial charge in [0.15, 0.2) is 11.4 Å². The van der Waals surface area contributed by atoms with Gasteiger partial charge in [-0.3, -0.25) is 10.1 Å². The number of nitro benzene ring substituents is 1. The highest BCUT2D eigenvalue weighted by molar-refractivity contribution is 5.90. The van der Waals surface area contributed by atoms with Gasteiger partial charge < -0.3 is 19.2 Å². The van der Waals surface area contributed by atoms with Gasteiger partial charge in [-0.2, -0.15) is 0 Å². The van der Waals surface area contributed by atoms with Crippen LogP contribution in [0, 0.1) is 16.0 Å². The van der Waals surface area contributed by atoms with E-state index in [0.29, 0.717) is 37.5 Å². The number of anilines is 1. The van der Waals surface area contributed by atoms with E-state index in [-0.39, 0.29) is 29.1 Å². The number of fused-ring (bicyclic) bond motifs is 2. The van der Waals surface area contributed by atoms with Crippen molar-refractivity contribution in [3.63, 3.8) is 0 Å². The molecule has 3 aromatic carbocycles. The second-order valence-electron chi connectivity index (χ2n) is 11.7. The number of nitrogens with zero attached hydrogens (tertiary/aromatic N) is 3. The average Bonchev–Trinajstić information content (AvgIpc) is 3.79. The Bertz CT molecular complexity index is 1820. The zero-order valence-electron chi connectivity index (χ0n) is 24.5. The Labute approximate surface area is 259 Å². The van der Waals surface area contributed by atoms with Crippen LogP contribution in [0.5, 0.6) is 0 Å². The molecule has 7 rings (SSSR count). The molecule has 1 N–H and O–H groups in total. The lowest BCUT2D eigenvalue weighted by Gasteiger charge is -2.20. The first-order valence-electron chi connectivity index (χ1n) is 15.2. The number of furan rings is 1. The van der Waals surface area contributed by atoms with Crippen molar-refractivity contribution in [3.05, 3.63) is 129 Å². The number of aromatic nitrogens is 2. The minimum atomic E-state index is -0.522. The van der Waals surface area contributed by atoms with E-state index >= 15 is 0 Å². The van der Waals surface area contributed by atoms with Crippen LogP contribution in [0.1, 0.15) is 63.8 Å². The Hall–Kier alpha value is -5.09. The molecule has 2 aliphatic carbocycles. The molecule has 2 aliphatic rings. The van der Waals surface area contributed by atoms with E-state index in [9.17, 15) is 14.9 Å². The van der Waals surface area contributed by atoms with E-state index in [1.54, 1.807) is 12.6 Å². The highest BCUT2D eigenvalue weighted by atomic mass is 16.6. The zero-order valence-corrected chi connectivity index (χ0v) is 24.5. The Morgan fingerprint density at radius 3 is 2.60 bits per heavy atom. The SMILES string of the molecule is O=C(OC1CC(c2coc3c(N[C@H]4CCc5ccccc54)ncnc23)CC1COCc1ccccc1)c1ccc([N+](=O)[O-])cc1. The number of aryl methyl sites for hydroxylation is 1. The van der Waals surface area contributed by atoms with Gasteiger partial charge in [-0.25, -0.2) is 14.8 Å². The summed E-state index contributed by atoms with van der Waals surface area (Å²) in [7, 11) is 0. The summed E-state index contributed by atoms with van der Waals surface area (Å²) in [6.07, 6.45) is 6.16. The Kier molecular flexibility index (Phi) is 7.96. The number of rotatable bonds is 10. The second kappa shape index (κ2) is 12.5. The van der Waals surface area contributed by atoms with Crippen LogP contribution in [0.25, 0.3) is 11.1 Å². The van der Waals surface area contributed by atoms with Crippen LogP contribution in [0.3, 0.4) is 0 Å². The number of hydrogen-bond acceptors (Lipinski definition) is 9. The minimum Gasteiger partial charge on any atom is -0.458 e. The van der Waals surface area contributed by atoms with Crippen molar-refractivity contribution >= 4 is 28.6 Å². The molecule has 2 heterocycles. The van der Waals surface area contributed by atoms with Gasteiger partial charge in [-0.05, 0) is 60.4 Å². The molecule has 3 unspecified atom stereocenters. The van der Waals surface area contributed by atoms with E-state index < -0.39 is 17.0 Å². The first-order valence-corrected chi connectivity index (χ1v) is 15.2. The third kappa shape index (κ3) is 6.01. The topological polar surface area (TPSA) is 130 Å². The maximum Gasteiger partial charge on any atom is 0.338 e. The molecule has 1 fully saturated rings. The lowest BCUT2D eigenvalue weighted by molar-refractivity contribution is -0.384. The molecule has 45 heavy (non-hydrogen) atoms. The highest BCUT2D eigenvalue weighted by Gasteiger charge is 2.40. The molecule has 4 atom stereocenters. The standard InChI is InChI=1S/C35H32N4O6/c40-35(24-10-13-27(14-11-24)39(41)42)45-31-17-25(16-26(31)19-43-18-22-6-2-1-3-7-22)29-20-44-33-32(29)36-21-37-34(33)38-30-15-12-23-8-4-5-9-28(23)30/h1-11,13-14,20-21,25-26,30-31H,12,15-19H2,(H,36,37,38)/t25?,26?,30-,31?/m0/s1. The number of esters is 1. The van der Waals surface area contributed by atoms with E-state index in [2.05, 4.69) is 39.6 Å². The third-order valence-electron chi connectivity index (χ3n) is 8.91. The van der Waals surface area contributed by atoms with Crippen molar-refractivity contribution in [1.29, 1.82) is 0 Å². The summed E-state index contributed by atoms with van der Waals surface area (Å²) < 4.78 is 18.2. The van der Waals surface area contributed by atoms with Crippen LogP contribution in [-0.4, -0.2) is 33.6 Å². The first kappa shape index (κ1) is 28.7. The predicted molar refractivity (Wildman–Crippen MR) is 167 cm³/mol. The van der Waals surface area contributed by atoms with Gasteiger partial charge in [-0.15, -0.1) is 0 Å². The molecule has 0 aliphatic heterocycles. The Morgan fingerprint density at radius 1 is 0.978 bits per heavy atom. The van der Waals surface area contributed by atoms with E-state index in [0.717, 1.165) is 29.5 Å². The summed E-state index contributed by atoms with van der Waals surface area (Å²) in [6.45, 7) is 0.856. The minimum absolute atomic E-state index is 0.0150. The summed E-state index contributed by atoms with van der Waals surface area (Å²) in [6, 6.07) is 24.0. The maximum absolute atomic E-state index is 13.1. The summed E-state index contributed by atoms with van der Waals surface area (Å²) >= 11 is 0. The summed E-state index contributed by atoms with van der Waals surface area (Å²) in [4.78, 5) is 32.8. The molecule has 228 valence electrons. The highest BCUT2D eigenvalue weighted by Crippen LogP contribution is 2.44. The molecule has 0 amide bonds. The van der Waals surface area contributed by atoms with Crippen LogP contribution in [0.2, 0.25) is 0 Å². The maximum atomic E-state index is 13.1. The fourth-order valence-electron chi connectivity index (χ4n) is 6.62. The van der Waals surface area contributed by atoms with Gasteiger partial charge in [0.05, 0.1) is 36.0 Å². The van der Waals surface area contributed by atoms with Crippen LogP contribution in [0.15, 0.2) is 95.9 Å². The van der Waals surface area contributed by atoms with Crippen LogP contribution >= 0.6 is 0 Å². The van der Waals surface area contributed by atoms with Crippen LogP contribution in [-0.2, 0) is 22.5 Å². The van der Waals surface area contributed by atoms with Crippen LogP contribution in [0.4, 0.5) is 11.5 Å². The van der Waals surface area contributed by atoms with E-state index in [1.165, 1.54) is 35.4 Å². The Morgan fingerprint density at radius 2 is 1.78 bits per heavy atom. The van der Waals surface area contributed by atoms with E-state index in [4.69, 9.17) is 13.9 Å². The number of non-ortho nitro benzene ring substituents is 1. The van der Waals surface area contributed by atoms with Crippen molar-refractivity contribution in [1.82, 2.24) is 9.97 Å². The molecule has 10 nitrogen and oxygen atoms in total. The van der Waals surface area contributed by atoms with E-state index in [1.807, 2.05) is 30.3 Å². The Balaban J connectivity index is 1.10. The molecule has 2 aromatic heterocycles. The van der Waals surface area contributed by atoms with Crippen molar-refractivity contribution in [2.45, 2.75) is 50.4 Å². The fraction of sp³-hybridized carbons (Fsp3) is 0.286.